The Bertz CT molecular complexity index is 1400. The van der Waals surface area contributed by atoms with Crippen molar-refractivity contribution < 1.29 is 72.3 Å². The highest BCUT2D eigenvalue weighted by Gasteiger charge is 2.50. The highest BCUT2D eigenvalue weighted by Crippen LogP contribution is 2.39. The van der Waals surface area contributed by atoms with Crippen molar-refractivity contribution in [3.63, 3.8) is 0 Å². The number of nitrogens with zero attached hydrogens (tertiary/aromatic N) is 2. The first-order valence-electron chi connectivity index (χ1n) is 12.4. The molecule has 1 fully saturated rings. The number of carbonyl (C=O) groups excluding carboxylic acids is 2. The van der Waals surface area contributed by atoms with E-state index in [-0.39, 0.29) is 22.8 Å². The van der Waals surface area contributed by atoms with E-state index in [1.165, 1.54) is 31.2 Å². The number of anilines is 2. The number of nitrogens with one attached hydrogen (secondary N) is 1. The SMILES string of the molecule is CC(=O)Nc1ccc(OC[C@](C)(O)C(=O)N(O[C@@H]2O[C@H](C(=O)O)[C@@H](O)[C@H](O)[C@H]2O)c2ccc([N+](=O)[O-])c(C(F)(F)F)c2)cc1. The van der Waals surface area contributed by atoms with Gasteiger partial charge in [0, 0.05) is 18.7 Å². The Morgan fingerprint density at radius 3 is 2.20 bits per heavy atom. The molecule has 0 spiro atoms. The number of rotatable bonds is 10. The molecule has 0 aliphatic carbocycles. The molecule has 1 heterocycles. The first-order valence-corrected chi connectivity index (χ1v) is 12.4. The maximum atomic E-state index is 13.7. The first kappa shape index (κ1) is 34.1. The van der Waals surface area contributed by atoms with Crippen LogP contribution in [0.5, 0.6) is 5.75 Å². The van der Waals surface area contributed by atoms with Crippen LogP contribution in [0, 0.1) is 10.1 Å². The molecule has 6 atom stereocenters. The van der Waals surface area contributed by atoms with Gasteiger partial charge in [0.2, 0.25) is 12.2 Å². The summed E-state index contributed by atoms with van der Waals surface area (Å²) in [5.74, 6) is -3.76. The van der Waals surface area contributed by atoms with Gasteiger partial charge >= 0.3 is 12.1 Å². The topological polar surface area (TPSA) is 238 Å². The fourth-order valence-electron chi connectivity index (χ4n) is 3.85. The monoisotopic (exact) mass is 633 g/mol. The second-order valence-corrected chi connectivity index (χ2v) is 9.66. The Morgan fingerprint density at radius 2 is 1.68 bits per heavy atom. The van der Waals surface area contributed by atoms with Crippen molar-refractivity contribution in [3.8, 4) is 5.75 Å². The Labute approximate surface area is 244 Å². The fraction of sp³-hybridized carbons (Fsp3) is 0.400. The lowest BCUT2D eigenvalue weighted by molar-refractivity contribution is -0.388. The number of aliphatic hydroxyl groups is 4. The van der Waals surface area contributed by atoms with Crippen molar-refractivity contribution in [1.82, 2.24) is 0 Å². The maximum Gasteiger partial charge on any atom is 0.423 e. The van der Waals surface area contributed by atoms with E-state index in [0.29, 0.717) is 17.8 Å². The maximum absolute atomic E-state index is 13.7. The minimum absolute atomic E-state index is 0.0561. The van der Waals surface area contributed by atoms with E-state index in [2.05, 4.69) is 5.32 Å². The van der Waals surface area contributed by atoms with Crippen molar-refractivity contribution >= 4 is 34.8 Å². The van der Waals surface area contributed by atoms with Gasteiger partial charge < -0.3 is 40.3 Å². The standard InChI is InChI=1S/C25H26F3N3O13/c1-11(32)29-12-3-6-14(7-4-12)42-10-24(2,39)23(38)30(13-5-8-16(31(40)41)15(9-13)25(26,27)28)44-22-19(35)17(33)18(34)20(43-22)21(36)37/h3-9,17-20,22,33-35,39H,10H2,1-2H3,(H,29,32)(H,36,37)/t17-,18-,19+,20-,22-,24-/m0/s1. The molecule has 19 heteroatoms. The normalized spacial score (nSPS) is 23.2. The van der Waals surface area contributed by atoms with E-state index < -0.39 is 82.8 Å². The smallest absolute Gasteiger partial charge is 0.423 e. The van der Waals surface area contributed by atoms with Gasteiger partial charge in [0.15, 0.2) is 11.7 Å². The zero-order valence-electron chi connectivity index (χ0n) is 22.7. The quantitative estimate of drug-likeness (QED) is 0.155. The van der Waals surface area contributed by atoms with Gasteiger partial charge in [-0.2, -0.15) is 18.2 Å². The number of hydrogen-bond acceptors (Lipinski definition) is 12. The molecular formula is C25H26F3N3O13. The van der Waals surface area contributed by atoms with Gasteiger partial charge in [-0.25, -0.2) is 9.63 Å². The summed E-state index contributed by atoms with van der Waals surface area (Å²) >= 11 is 0. The van der Waals surface area contributed by atoms with Gasteiger partial charge in [0.25, 0.3) is 11.6 Å². The Kier molecular flexibility index (Phi) is 10.1. The van der Waals surface area contributed by atoms with Crippen LogP contribution in [-0.2, 0) is 30.1 Å². The molecule has 2 aromatic rings. The molecule has 1 aliphatic heterocycles. The highest BCUT2D eigenvalue weighted by atomic mass is 19.4. The predicted octanol–water partition coefficient (Wildman–Crippen LogP) is 0.559. The number of halogens is 3. The molecule has 1 aliphatic rings. The summed E-state index contributed by atoms with van der Waals surface area (Å²) in [7, 11) is 0. The number of nitro benzene ring substituents is 1. The van der Waals surface area contributed by atoms with Crippen LogP contribution >= 0.6 is 0 Å². The number of hydroxylamine groups is 1. The lowest BCUT2D eigenvalue weighted by Crippen LogP contribution is -2.62. The zero-order valence-corrected chi connectivity index (χ0v) is 22.7. The van der Waals surface area contributed by atoms with E-state index >= 15 is 0 Å². The minimum Gasteiger partial charge on any atom is -0.490 e. The van der Waals surface area contributed by atoms with Gasteiger partial charge in [-0.05, 0) is 43.3 Å². The number of amides is 2. The molecule has 0 bridgehead atoms. The summed E-state index contributed by atoms with van der Waals surface area (Å²) < 4.78 is 51.5. The largest absolute Gasteiger partial charge is 0.490 e. The van der Waals surface area contributed by atoms with Crippen LogP contribution in [0.1, 0.15) is 19.4 Å². The van der Waals surface area contributed by atoms with Gasteiger partial charge in [-0.3, -0.25) is 19.7 Å². The van der Waals surface area contributed by atoms with Gasteiger partial charge in [0.1, 0.15) is 36.2 Å². The molecule has 6 N–H and O–H groups in total. The third-order valence-electron chi connectivity index (χ3n) is 6.08. The summed E-state index contributed by atoms with van der Waals surface area (Å²) in [4.78, 5) is 51.3. The Morgan fingerprint density at radius 1 is 1.07 bits per heavy atom. The second-order valence-electron chi connectivity index (χ2n) is 9.66. The summed E-state index contributed by atoms with van der Waals surface area (Å²) in [6.07, 6.45) is -16.7. The second kappa shape index (κ2) is 13.1. The number of hydrogen-bond donors (Lipinski definition) is 6. The first-order chi connectivity index (χ1) is 20.3. The van der Waals surface area contributed by atoms with Gasteiger partial charge in [0.05, 0.1) is 10.6 Å². The van der Waals surface area contributed by atoms with Crippen LogP contribution in [0.3, 0.4) is 0 Å². The number of benzene rings is 2. The van der Waals surface area contributed by atoms with E-state index in [1.54, 1.807) is 0 Å². The molecule has 0 aromatic heterocycles. The lowest BCUT2D eigenvalue weighted by Gasteiger charge is -2.40. The number of carboxylic acids is 1. The summed E-state index contributed by atoms with van der Waals surface area (Å²) in [5.41, 5.74) is -6.45. The van der Waals surface area contributed by atoms with E-state index in [9.17, 15) is 63.2 Å². The number of aliphatic carboxylic acids is 1. The molecule has 16 nitrogen and oxygen atoms in total. The molecule has 0 saturated carbocycles. The fourth-order valence-corrected chi connectivity index (χ4v) is 3.85. The van der Waals surface area contributed by atoms with Crippen molar-refractivity contribution in [2.75, 3.05) is 17.0 Å². The van der Waals surface area contributed by atoms with Crippen molar-refractivity contribution in [2.45, 2.75) is 56.3 Å². The van der Waals surface area contributed by atoms with E-state index in [4.69, 9.17) is 14.3 Å². The Balaban J connectivity index is 2.00. The highest BCUT2D eigenvalue weighted by molar-refractivity contribution is 5.97. The van der Waals surface area contributed by atoms with Crippen LogP contribution in [0.2, 0.25) is 0 Å². The average molecular weight is 633 g/mol. The molecule has 3 rings (SSSR count). The van der Waals surface area contributed by atoms with Crippen LogP contribution in [0.4, 0.5) is 30.2 Å². The van der Waals surface area contributed by atoms with Crippen molar-refractivity contribution in [2.24, 2.45) is 0 Å². The molecule has 0 radical (unpaired) electrons. The number of carbonyl (C=O) groups is 3. The molecule has 2 aromatic carbocycles. The van der Waals surface area contributed by atoms with Crippen LogP contribution < -0.4 is 15.1 Å². The van der Waals surface area contributed by atoms with E-state index in [0.717, 1.165) is 6.92 Å². The molecule has 240 valence electrons. The number of nitro groups is 1. The molecule has 44 heavy (non-hydrogen) atoms. The Hall–Kier alpha value is -4.40. The zero-order chi connectivity index (χ0) is 33.1. The molecule has 1 saturated heterocycles. The molecule has 2 amide bonds. The van der Waals surface area contributed by atoms with Crippen LogP contribution in [0.15, 0.2) is 42.5 Å². The predicted molar refractivity (Wildman–Crippen MR) is 138 cm³/mol. The summed E-state index contributed by atoms with van der Waals surface area (Å²) in [6, 6.07) is 6.63. The summed E-state index contributed by atoms with van der Waals surface area (Å²) in [6.45, 7) is 1.23. The number of aliphatic hydroxyl groups excluding tert-OH is 3. The van der Waals surface area contributed by atoms with Crippen molar-refractivity contribution in [3.05, 3.63) is 58.1 Å². The van der Waals surface area contributed by atoms with E-state index in [1.807, 2.05) is 0 Å². The van der Waals surface area contributed by atoms with Crippen molar-refractivity contribution in [1.29, 1.82) is 0 Å². The van der Waals surface area contributed by atoms with Crippen LogP contribution in [0.25, 0.3) is 0 Å². The van der Waals surface area contributed by atoms with Gasteiger partial charge in [-0.1, -0.05) is 0 Å². The van der Waals surface area contributed by atoms with Gasteiger partial charge in [-0.15, -0.1) is 0 Å². The number of ether oxygens (including phenoxy) is 2. The third kappa shape index (κ3) is 7.75. The minimum atomic E-state index is -5.34. The third-order valence-corrected chi connectivity index (χ3v) is 6.08. The summed E-state index contributed by atoms with van der Waals surface area (Å²) in [5, 5.41) is 64.3. The number of alkyl halides is 3. The van der Waals surface area contributed by atoms with Crippen LogP contribution in [-0.4, -0.2) is 91.2 Å². The molecule has 0 unspecified atom stereocenters. The number of carboxylic acid groups (broad SMARTS) is 1. The average Bonchev–Trinajstić information content (AvgIpc) is 2.93. The lowest BCUT2D eigenvalue weighted by atomic mass is 9.99. The molecular weight excluding hydrogens is 607 g/mol.